The van der Waals surface area contributed by atoms with Gasteiger partial charge in [-0.15, -0.1) is 0 Å². The van der Waals surface area contributed by atoms with Gasteiger partial charge in [-0.3, -0.25) is 9.59 Å². The number of nitrogens with one attached hydrogen (secondary N) is 1. The van der Waals surface area contributed by atoms with Gasteiger partial charge in [-0.1, -0.05) is 11.6 Å². The maximum atomic E-state index is 13.0. The molecular weight excluding hydrogens is 387 g/mol. The van der Waals surface area contributed by atoms with Gasteiger partial charge in [0.2, 0.25) is 0 Å². The van der Waals surface area contributed by atoms with Gasteiger partial charge in [-0.25, -0.2) is 9.18 Å². The molecule has 28 heavy (non-hydrogen) atoms. The summed E-state index contributed by atoms with van der Waals surface area (Å²) in [6.07, 6.45) is 0. The number of halogens is 2. The average Bonchev–Trinajstić information content (AvgIpc) is 2.67. The van der Waals surface area contributed by atoms with Crippen molar-refractivity contribution < 1.29 is 23.5 Å². The fourth-order valence-corrected chi connectivity index (χ4v) is 2.69. The third-order valence-electron chi connectivity index (χ3n) is 3.95. The topological polar surface area (TPSA) is 75.7 Å². The molecule has 0 fully saturated rings. The van der Waals surface area contributed by atoms with Crippen LogP contribution in [0.1, 0.15) is 34.6 Å². The molecule has 0 aliphatic rings. The summed E-state index contributed by atoms with van der Waals surface area (Å²) in [7, 11) is 0. The molecule has 0 heterocycles. The summed E-state index contributed by atoms with van der Waals surface area (Å²) in [6, 6.07) is 9.65. The minimum Gasteiger partial charge on any atom is -0.452 e. The van der Waals surface area contributed by atoms with Crippen molar-refractivity contribution in [2.24, 2.45) is 0 Å². The molecule has 2 aromatic carbocycles. The molecule has 0 saturated heterocycles. The van der Waals surface area contributed by atoms with Crippen LogP contribution in [0.2, 0.25) is 5.02 Å². The van der Waals surface area contributed by atoms with Gasteiger partial charge < -0.3 is 15.0 Å². The van der Waals surface area contributed by atoms with E-state index in [-0.39, 0.29) is 16.5 Å². The first-order valence-electron chi connectivity index (χ1n) is 8.67. The van der Waals surface area contributed by atoms with Crippen LogP contribution >= 0.6 is 11.6 Å². The Morgan fingerprint density at radius 2 is 1.71 bits per heavy atom. The van der Waals surface area contributed by atoms with Gasteiger partial charge in [0.15, 0.2) is 6.61 Å². The second-order valence-corrected chi connectivity index (χ2v) is 6.21. The highest BCUT2D eigenvalue weighted by molar-refractivity contribution is 6.33. The van der Waals surface area contributed by atoms with Crippen LogP contribution in [0.15, 0.2) is 42.5 Å². The molecule has 0 aliphatic carbocycles. The Balaban J connectivity index is 1.91. The highest BCUT2D eigenvalue weighted by atomic mass is 35.5. The summed E-state index contributed by atoms with van der Waals surface area (Å²) in [5.74, 6) is -2.06. The highest BCUT2D eigenvalue weighted by Crippen LogP contribution is 2.18. The van der Waals surface area contributed by atoms with Crippen molar-refractivity contribution >= 4 is 35.1 Å². The van der Waals surface area contributed by atoms with E-state index in [9.17, 15) is 18.8 Å². The zero-order chi connectivity index (χ0) is 20.7. The molecule has 8 heteroatoms. The van der Waals surface area contributed by atoms with Crippen molar-refractivity contribution in [3.05, 3.63) is 64.4 Å². The monoisotopic (exact) mass is 406 g/mol. The Morgan fingerprint density at radius 3 is 2.29 bits per heavy atom. The quantitative estimate of drug-likeness (QED) is 0.710. The van der Waals surface area contributed by atoms with Crippen molar-refractivity contribution in [2.45, 2.75) is 13.8 Å². The van der Waals surface area contributed by atoms with E-state index in [4.69, 9.17) is 16.3 Å². The predicted octanol–water partition coefficient (Wildman–Crippen LogP) is 3.76. The number of nitrogens with zero attached hydrogens (tertiary/aromatic N) is 1. The van der Waals surface area contributed by atoms with Gasteiger partial charge >= 0.3 is 5.97 Å². The maximum absolute atomic E-state index is 13.0. The lowest BCUT2D eigenvalue weighted by molar-refractivity contribution is -0.119. The van der Waals surface area contributed by atoms with Gasteiger partial charge in [-0.05, 0) is 56.3 Å². The SMILES string of the molecule is CCN(CC)C(=O)c1ccc(NC(=O)COC(=O)c2ccc(F)cc2Cl)cc1. The molecule has 0 aromatic heterocycles. The highest BCUT2D eigenvalue weighted by Gasteiger charge is 2.15. The Hall–Kier alpha value is -2.93. The molecule has 0 saturated carbocycles. The van der Waals surface area contributed by atoms with E-state index in [1.54, 1.807) is 29.2 Å². The Labute approximate surface area is 167 Å². The fraction of sp³-hybridized carbons (Fsp3) is 0.250. The molecule has 2 aromatic rings. The lowest BCUT2D eigenvalue weighted by atomic mass is 10.2. The van der Waals surface area contributed by atoms with Crippen LogP contribution < -0.4 is 5.32 Å². The van der Waals surface area contributed by atoms with Gasteiger partial charge in [0.25, 0.3) is 11.8 Å². The number of rotatable bonds is 7. The molecule has 2 rings (SSSR count). The number of esters is 1. The summed E-state index contributed by atoms with van der Waals surface area (Å²) < 4.78 is 17.9. The second-order valence-electron chi connectivity index (χ2n) is 5.80. The van der Waals surface area contributed by atoms with Crippen molar-refractivity contribution in [3.63, 3.8) is 0 Å². The lowest BCUT2D eigenvalue weighted by Gasteiger charge is -2.18. The number of carbonyl (C=O) groups excluding carboxylic acids is 3. The summed E-state index contributed by atoms with van der Waals surface area (Å²) in [6.45, 7) is 4.48. The van der Waals surface area contributed by atoms with Gasteiger partial charge in [0.05, 0.1) is 10.6 Å². The number of benzene rings is 2. The summed E-state index contributed by atoms with van der Waals surface area (Å²) in [4.78, 5) is 37.8. The molecule has 0 spiro atoms. The molecule has 0 radical (unpaired) electrons. The van der Waals surface area contributed by atoms with E-state index in [1.165, 1.54) is 6.07 Å². The third-order valence-corrected chi connectivity index (χ3v) is 4.26. The maximum Gasteiger partial charge on any atom is 0.340 e. The molecule has 6 nitrogen and oxygen atoms in total. The van der Waals surface area contributed by atoms with Crippen LogP contribution in [-0.2, 0) is 9.53 Å². The molecule has 0 atom stereocenters. The van der Waals surface area contributed by atoms with Gasteiger partial charge in [0.1, 0.15) is 5.82 Å². The van der Waals surface area contributed by atoms with E-state index in [1.807, 2.05) is 13.8 Å². The van der Waals surface area contributed by atoms with Crippen molar-refractivity contribution in [2.75, 3.05) is 25.0 Å². The zero-order valence-electron chi connectivity index (χ0n) is 15.5. The smallest absolute Gasteiger partial charge is 0.340 e. The predicted molar refractivity (Wildman–Crippen MR) is 104 cm³/mol. The van der Waals surface area contributed by atoms with E-state index >= 15 is 0 Å². The average molecular weight is 407 g/mol. The van der Waals surface area contributed by atoms with E-state index < -0.39 is 24.3 Å². The van der Waals surface area contributed by atoms with Crippen LogP contribution in [0.25, 0.3) is 0 Å². The van der Waals surface area contributed by atoms with Crippen molar-refractivity contribution in [1.29, 1.82) is 0 Å². The number of hydrogen-bond donors (Lipinski definition) is 1. The number of ether oxygens (including phenoxy) is 1. The van der Waals surface area contributed by atoms with Crippen LogP contribution in [0, 0.1) is 5.82 Å². The molecule has 1 N–H and O–H groups in total. The number of carbonyl (C=O) groups is 3. The Morgan fingerprint density at radius 1 is 1.07 bits per heavy atom. The first-order valence-corrected chi connectivity index (χ1v) is 9.04. The van der Waals surface area contributed by atoms with Crippen LogP contribution in [0.4, 0.5) is 10.1 Å². The minimum absolute atomic E-state index is 0.0323. The Kier molecular flexibility index (Phi) is 7.52. The number of anilines is 1. The lowest BCUT2D eigenvalue weighted by Crippen LogP contribution is -2.30. The van der Waals surface area contributed by atoms with E-state index in [2.05, 4.69) is 5.32 Å². The van der Waals surface area contributed by atoms with Gasteiger partial charge in [-0.2, -0.15) is 0 Å². The molecular formula is C20H20ClFN2O4. The molecule has 0 bridgehead atoms. The number of amides is 2. The number of hydrogen-bond acceptors (Lipinski definition) is 4. The first-order chi connectivity index (χ1) is 13.3. The van der Waals surface area contributed by atoms with Crippen LogP contribution in [-0.4, -0.2) is 42.4 Å². The van der Waals surface area contributed by atoms with E-state index in [0.29, 0.717) is 24.3 Å². The molecule has 0 aliphatic heterocycles. The Bertz CT molecular complexity index is 867. The van der Waals surface area contributed by atoms with E-state index in [0.717, 1.165) is 12.1 Å². The molecule has 148 valence electrons. The zero-order valence-corrected chi connectivity index (χ0v) is 16.3. The summed E-state index contributed by atoms with van der Waals surface area (Å²) >= 11 is 5.78. The van der Waals surface area contributed by atoms with Crippen LogP contribution in [0.3, 0.4) is 0 Å². The van der Waals surface area contributed by atoms with Crippen molar-refractivity contribution in [3.8, 4) is 0 Å². The fourth-order valence-electron chi connectivity index (χ4n) is 2.45. The summed E-state index contributed by atoms with van der Waals surface area (Å²) in [5.41, 5.74) is 0.936. The van der Waals surface area contributed by atoms with Crippen molar-refractivity contribution in [1.82, 2.24) is 4.90 Å². The summed E-state index contributed by atoms with van der Waals surface area (Å²) in [5, 5.41) is 2.46. The van der Waals surface area contributed by atoms with Crippen LogP contribution in [0.5, 0.6) is 0 Å². The molecule has 0 unspecified atom stereocenters. The van der Waals surface area contributed by atoms with Gasteiger partial charge in [0, 0.05) is 24.3 Å². The minimum atomic E-state index is -0.833. The third kappa shape index (κ3) is 5.53. The standard InChI is InChI=1S/C20H20ClFN2O4/c1-3-24(4-2)19(26)13-5-8-15(9-6-13)23-18(25)12-28-20(27)16-10-7-14(22)11-17(16)21/h5-11H,3-4,12H2,1-2H3,(H,23,25). The molecule has 2 amide bonds. The second kappa shape index (κ2) is 9.85. The normalized spacial score (nSPS) is 10.3. The first kappa shape index (κ1) is 21.4. The largest absolute Gasteiger partial charge is 0.452 e.